The number of aryl methyl sites for hydroxylation is 2. The Kier molecular flexibility index (Phi) is 5.46. The highest BCUT2D eigenvalue weighted by Gasteiger charge is 2.25. The third-order valence-electron chi connectivity index (χ3n) is 5.19. The molecule has 5 heteroatoms. The maximum absolute atomic E-state index is 6.26. The van der Waals surface area contributed by atoms with Gasteiger partial charge >= 0.3 is 0 Å². The summed E-state index contributed by atoms with van der Waals surface area (Å²) >= 11 is 6.26. The van der Waals surface area contributed by atoms with Crippen LogP contribution < -0.4 is 10.2 Å². The zero-order chi connectivity index (χ0) is 18.6. The van der Waals surface area contributed by atoms with Crippen LogP contribution in [-0.2, 0) is 26.6 Å². The van der Waals surface area contributed by atoms with E-state index in [9.17, 15) is 0 Å². The topological polar surface area (TPSA) is 33.1 Å². The Morgan fingerprint density at radius 2 is 2.04 bits per heavy atom. The van der Waals surface area contributed by atoms with Gasteiger partial charge in [0, 0.05) is 43.1 Å². The molecular weight excluding hydrogens is 356 g/mol. The molecule has 1 atom stereocenters. The number of benzene rings is 2. The molecule has 3 aromatic rings. The zero-order valence-electron chi connectivity index (χ0n) is 15.6. The fraction of sp³-hybridized carbons (Fsp3) is 0.318. The molecule has 1 aliphatic rings. The van der Waals surface area contributed by atoms with Crippen molar-refractivity contribution in [2.45, 2.75) is 32.0 Å². The van der Waals surface area contributed by atoms with E-state index in [1.54, 1.807) is 0 Å². The third kappa shape index (κ3) is 4.34. The van der Waals surface area contributed by atoms with Gasteiger partial charge in [0.05, 0.1) is 18.6 Å². The fourth-order valence-electron chi connectivity index (χ4n) is 3.83. The van der Waals surface area contributed by atoms with Crippen LogP contribution in [-0.4, -0.2) is 22.1 Å². The highest BCUT2D eigenvalue weighted by molar-refractivity contribution is 6.30. The SMILES string of the molecule is Cn1cnc(CN2c3ccc(Cl)cc3CNCC2CCc2ccccc2)c1. The van der Waals surface area contributed by atoms with Gasteiger partial charge in [-0.15, -0.1) is 0 Å². The van der Waals surface area contributed by atoms with E-state index in [0.29, 0.717) is 6.04 Å². The molecule has 0 saturated carbocycles. The predicted octanol–water partition coefficient (Wildman–Crippen LogP) is 4.18. The van der Waals surface area contributed by atoms with Crippen LogP contribution in [0.4, 0.5) is 5.69 Å². The van der Waals surface area contributed by atoms with Crippen LogP contribution in [0.5, 0.6) is 0 Å². The van der Waals surface area contributed by atoms with E-state index in [2.05, 4.69) is 63.9 Å². The van der Waals surface area contributed by atoms with Crippen molar-refractivity contribution in [3.8, 4) is 0 Å². The number of hydrogen-bond acceptors (Lipinski definition) is 3. The van der Waals surface area contributed by atoms with Gasteiger partial charge in [-0.05, 0) is 42.2 Å². The standard InChI is InChI=1S/C22H25ClN4/c1-26-14-20(25-16-26)15-27-21(9-7-17-5-3-2-4-6-17)13-24-12-18-11-19(23)8-10-22(18)27/h2-6,8,10-11,14,16,21,24H,7,9,12-13,15H2,1H3. The highest BCUT2D eigenvalue weighted by Crippen LogP contribution is 2.30. The van der Waals surface area contributed by atoms with E-state index in [0.717, 1.165) is 43.2 Å². The van der Waals surface area contributed by atoms with Gasteiger partial charge in [-0.1, -0.05) is 41.9 Å². The number of halogens is 1. The Morgan fingerprint density at radius 3 is 2.81 bits per heavy atom. The average molecular weight is 381 g/mol. The van der Waals surface area contributed by atoms with Crippen molar-refractivity contribution in [2.24, 2.45) is 7.05 Å². The summed E-state index contributed by atoms with van der Waals surface area (Å²) in [6.45, 7) is 2.60. The summed E-state index contributed by atoms with van der Waals surface area (Å²) in [7, 11) is 2.01. The number of aromatic nitrogens is 2. The summed E-state index contributed by atoms with van der Waals surface area (Å²) in [5.74, 6) is 0. The Morgan fingerprint density at radius 1 is 1.19 bits per heavy atom. The van der Waals surface area contributed by atoms with Crippen LogP contribution in [0.3, 0.4) is 0 Å². The second kappa shape index (κ2) is 8.15. The number of rotatable bonds is 5. The highest BCUT2D eigenvalue weighted by atomic mass is 35.5. The second-order valence-corrected chi connectivity index (χ2v) is 7.68. The van der Waals surface area contributed by atoms with E-state index in [-0.39, 0.29) is 0 Å². The second-order valence-electron chi connectivity index (χ2n) is 7.24. The summed E-state index contributed by atoms with van der Waals surface area (Å²) < 4.78 is 2.01. The van der Waals surface area contributed by atoms with E-state index in [4.69, 9.17) is 11.6 Å². The van der Waals surface area contributed by atoms with Crippen LogP contribution in [0.15, 0.2) is 61.1 Å². The number of imidazole rings is 1. The number of hydrogen-bond donors (Lipinski definition) is 1. The minimum Gasteiger partial charge on any atom is -0.361 e. The number of nitrogens with zero attached hydrogens (tertiary/aromatic N) is 3. The Balaban J connectivity index is 1.61. The van der Waals surface area contributed by atoms with Gasteiger partial charge < -0.3 is 14.8 Å². The van der Waals surface area contributed by atoms with Crippen molar-refractivity contribution >= 4 is 17.3 Å². The molecule has 1 N–H and O–H groups in total. The normalized spacial score (nSPS) is 16.8. The monoisotopic (exact) mass is 380 g/mol. The molecule has 4 rings (SSSR count). The Bertz CT molecular complexity index is 890. The van der Waals surface area contributed by atoms with Gasteiger partial charge in [-0.2, -0.15) is 0 Å². The zero-order valence-corrected chi connectivity index (χ0v) is 16.4. The molecule has 2 aromatic carbocycles. The molecule has 1 aromatic heterocycles. The first-order valence-corrected chi connectivity index (χ1v) is 9.83. The predicted molar refractivity (Wildman–Crippen MR) is 111 cm³/mol. The number of nitrogens with one attached hydrogen (secondary N) is 1. The first kappa shape index (κ1) is 18.1. The Hall–Kier alpha value is -2.30. The van der Waals surface area contributed by atoms with Crippen LogP contribution in [0.2, 0.25) is 5.02 Å². The summed E-state index contributed by atoms with van der Waals surface area (Å²) in [5.41, 5.74) is 4.98. The lowest BCUT2D eigenvalue weighted by Crippen LogP contribution is -2.40. The molecule has 27 heavy (non-hydrogen) atoms. The van der Waals surface area contributed by atoms with Gasteiger partial charge in [0.15, 0.2) is 0 Å². The van der Waals surface area contributed by atoms with Gasteiger partial charge in [-0.25, -0.2) is 4.98 Å². The van der Waals surface area contributed by atoms with Crippen molar-refractivity contribution in [3.05, 3.63) is 82.9 Å². The van der Waals surface area contributed by atoms with Crippen LogP contribution in [0.1, 0.15) is 23.2 Å². The largest absolute Gasteiger partial charge is 0.361 e. The molecule has 0 aliphatic carbocycles. The average Bonchev–Trinajstić information content (AvgIpc) is 3.01. The van der Waals surface area contributed by atoms with Crippen molar-refractivity contribution in [2.75, 3.05) is 11.4 Å². The molecule has 0 saturated heterocycles. The maximum atomic E-state index is 6.26. The molecule has 0 fully saturated rings. The summed E-state index contributed by atoms with van der Waals surface area (Å²) in [6, 6.07) is 17.3. The molecule has 1 unspecified atom stereocenters. The van der Waals surface area contributed by atoms with Crippen molar-refractivity contribution in [1.29, 1.82) is 0 Å². The first-order chi connectivity index (χ1) is 13.2. The molecule has 0 spiro atoms. The third-order valence-corrected chi connectivity index (χ3v) is 5.42. The Labute approximate surface area is 165 Å². The lowest BCUT2D eigenvalue weighted by Gasteiger charge is -2.32. The fourth-order valence-corrected chi connectivity index (χ4v) is 4.02. The molecule has 1 aliphatic heterocycles. The molecule has 2 heterocycles. The lowest BCUT2D eigenvalue weighted by atomic mass is 10.0. The van der Waals surface area contributed by atoms with Crippen LogP contribution >= 0.6 is 11.6 Å². The van der Waals surface area contributed by atoms with Gasteiger partial charge in [0.25, 0.3) is 0 Å². The lowest BCUT2D eigenvalue weighted by molar-refractivity contribution is 0.514. The molecule has 4 nitrogen and oxygen atoms in total. The number of fused-ring (bicyclic) bond motifs is 1. The van der Waals surface area contributed by atoms with Crippen molar-refractivity contribution < 1.29 is 0 Å². The summed E-state index contributed by atoms with van der Waals surface area (Å²) in [5, 5.41) is 4.40. The molecular formula is C22H25ClN4. The smallest absolute Gasteiger partial charge is 0.0947 e. The van der Waals surface area contributed by atoms with Crippen LogP contribution in [0.25, 0.3) is 0 Å². The summed E-state index contributed by atoms with van der Waals surface area (Å²) in [4.78, 5) is 7.06. The van der Waals surface area contributed by atoms with E-state index in [1.165, 1.54) is 16.8 Å². The summed E-state index contributed by atoms with van der Waals surface area (Å²) in [6.07, 6.45) is 6.12. The first-order valence-electron chi connectivity index (χ1n) is 9.45. The minimum absolute atomic E-state index is 0.398. The molecule has 140 valence electrons. The molecule has 0 radical (unpaired) electrons. The van der Waals surface area contributed by atoms with Gasteiger partial charge in [0.1, 0.15) is 0 Å². The van der Waals surface area contributed by atoms with Crippen LogP contribution in [0, 0.1) is 0 Å². The molecule has 0 bridgehead atoms. The van der Waals surface area contributed by atoms with E-state index in [1.807, 2.05) is 24.0 Å². The van der Waals surface area contributed by atoms with Crippen molar-refractivity contribution in [3.63, 3.8) is 0 Å². The maximum Gasteiger partial charge on any atom is 0.0947 e. The number of anilines is 1. The van der Waals surface area contributed by atoms with E-state index >= 15 is 0 Å². The van der Waals surface area contributed by atoms with Gasteiger partial charge in [-0.3, -0.25) is 0 Å². The van der Waals surface area contributed by atoms with E-state index < -0.39 is 0 Å². The minimum atomic E-state index is 0.398. The molecule has 0 amide bonds. The van der Waals surface area contributed by atoms with Crippen molar-refractivity contribution in [1.82, 2.24) is 14.9 Å². The van der Waals surface area contributed by atoms with Gasteiger partial charge in [0.2, 0.25) is 0 Å². The quantitative estimate of drug-likeness (QED) is 0.720.